The number of amides is 1. The smallest absolute Gasteiger partial charge is 0.251 e. The molecule has 5 heteroatoms. The Morgan fingerprint density at radius 2 is 1.75 bits per heavy atom. The first kappa shape index (κ1) is 15.9. The van der Waals surface area contributed by atoms with Crippen molar-refractivity contribution in [1.29, 1.82) is 0 Å². The molecule has 3 rings (SSSR count). The van der Waals surface area contributed by atoms with Crippen LogP contribution in [0.25, 0.3) is 5.69 Å². The highest BCUT2D eigenvalue weighted by Crippen LogP contribution is 2.16. The van der Waals surface area contributed by atoms with E-state index in [1.807, 2.05) is 12.1 Å². The quantitative estimate of drug-likeness (QED) is 0.803. The van der Waals surface area contributed by atoms with Crippen LogP contribution in [0.15, 0.2) is 49.1 Å². The molecule has 1 N–H and O–H groups in total. The minimum atomic E-state index is -0.0838. The highest BCUT2D eigenvalue weighted by Gasteiger charge is 2.09. The number of hydrogen-bond donors (Lipinski definition) is 1. The van der Waals surface area contributed by atoms with Crippen molar-refractivity contribution in [3.05, 3.63) is 76.9 Å². The monoisotopic (exact) mass is 320 g/mol. The molecule has 0 aliphatic carbocycles. The van der Waals surface area contributed by atoms with Crippen LogP contribution in [0.4, 0.5) is 0 Å². The largest absolute Gasteiger partial charge is 0.348 e. The molecule has 0 saturated heterocycles. The summed E-state index contributed by atoms with van der Waals surface area (Å²) in [6, 6.07) is 11.6. The van der Waals surface area contributed by atoms with E-state index in [2.05, 4.69) is 48.3 Å². The van der Waals surface area contributed by atoms with Gasteiger partial charge in [0.15, 0.2) is 0 Å². The zero-order valence-corrected chi connectivity index (χ0v) is 14.1. The van der Waals surface area contributed by atoms with Crippen LogP contribution in [0.5, 0.6) is 0 Å². The zero-order chi connectivity index (χ0) is 17.1. The Kier molecular flexibility index (Phi) is 4.42. The van der Waals surface area contributed by atoms with E-state index >= 15 is 0 Å². The minimum absolute atomic E-state index is 0.0838. The molecule has 3 aromatic rings. The van der Waals surface area contributed by atoms with Crippen LogP contribution >= 0.6 is 0 Å². The van der Waals surface area contributed by atoms with E-state index < -0.39 is 0 Å². The molecular formula is C19H20N4O. The summed E-state index contributed by atoms with van der Waals surface area (Å²) < 4.78 is 1.65. The predicted octanol–water partition coefficient (Wildman–Crippen LogP) is 3.12. The lowest BCUT2D eigenvalue weighted by atomic mass is 10.00. The lowest BCUT2D eigenvalue weighted by Crippen LogP contribution is -2.23. The van der Waals surface area contributed by atoms with Gasteiger partial charge in [0.2, 0.25) is 0 Å². The van der Waals surface area contributed by atoms with Crippen LogP contribution in [-0.4, -0.2) is 20.7 Å². The van der Waals surface area contributed by atoms with Crippen LogP contribution in [0.3, 0.4) is 0 Å². The number of carbonyl (C=O) groups is 1. The van der Waals surface area contributed by atoms with Crippen molar-refractivity contribution in [3.63, 3.8) is 0 Å². The van der Waals surface area contributed by atoms with Gasteiger partial charge in [-0.05, 0) is 61.7 Å². The SMILES string of the molecule is Cc1cc(C)c(CNC(=O)c2ccc(-n3cncn3)cc2)c(C)c1. The molecule has 0 saturated carbocycles. The number of hydrogen-bond acceptors (Lipinski definition) is 3. The van der Waals surface area contributed by atoms with Crippen molar-refractivity contribution in [1.82, 2.24) is 20.1 Å². The molecule has 1 heterocycles. The van der Waals surface area contributed by atoms with Gasteiger partial charge in [-0.3, -0.25) is 4.79 Å². The Morgan fingerprint density at radius 1 is 1.08 bits per heavy atom. The van der Waals surface area contributed by atoms with E-state index in [1.165, 1.54) is 28.6 Å². The molecule has 0 atom stereocenters. The first-order chi connectivity index (χ1) is 11.5. The summed E-state index contributed by atoms with van der Waals surface area (Å²) in [6.07, 6.45) is 3.10. The minimum Gasteiger partial charge on any atom is -0.348 e. The van der Waals surface area contributed by atoms with Crippen LogP contribution < -0.4 is 5.32 Å². The molecule has 0 radical (unpaired) electrons. The number of aryl methyl sites for hydroxylation is 3. The third-order valence-electron chi connectivity index (χ3n) is 4.08. The van der Waals surface area contributed by atoms with E-state index in [9.17, 15) is 4.79 Å². The third-order valence-corrected chi connectivity index (χ3v) is 4.08. The van der Waals surface area contributed by atoms with Gasteiger partial charge in [-0.25, -0.2) is 9.67 Å². The number of aromatic nitrogens is 3. The van der Waals surface area contributed by atoms with Crippen molar-refractivity contribution in [2.75, 3.05) is 0 Å². The molecule has 1 aromatic heterocycles. The van der Waals surface area contributed by atoms with Crippen LogP contribution in [0.1, 0.15) is 32.6 Å². The highest BCUT2D eigenvalue weighted by molar-refractivity contribution is 5.94. The fourth-order valence-electron chi connectivity index (χ4n) is 2.87. The molecule has 0 aliphatic heterocycles. The molecule has 0 unspecified atom stereocenters. The summed E-state index contributed by atoms with van der Waals surface area (Å²) in [5.41, 5.74) is 6.32. The van der Waals surface area contributed by atoms with Gasteiger partial charge < -0.3 is 5.32 Å². The maximum atomic E-state index is 12.4. The number of nitrogens with zero attached hydrogens (tertiary/aromatic N) is 3. The Morgan fingerprint density at radius 3 is 2.33 bits per heavy atom. The molecule has 2 aromatic carbocycles. The molecular weight excluding hydrogens is 300 g/mol. The van der Waals surface area contributed by atoms with Gasteiger partial charge in [0.05, 0.1) is 5.69 Å². The standard InChI is InChI=1S/C19H20N4O/c1-13-8-14(2)18(15(3)9-13)10-21-19(24)16-4-6-17(7-5-16)23-12-20-11-22-23/h4-9,11-12H,10H2,1-3H3,(H,21,24). The van der Waals surface area contributed by atoms with E-state index in [1.54, 1.807) is 23.1 Å². The highest BCUT2D eigenvalue weighted by atomic mass is 16.1. The third kappa shape index (κ3) is 3.35. The van der Waals surface area contributed by atoms with Gasteiger partial charge >= 0.3 is 0 Å². The first-order valence-corrected chi connectivity index (χ1v) is 7.84. The summed E-state index contributed by atoms with van der Waals surface area (Å²) >= 11 is 0. The van der Waals surface area contributed by atoms with E-state index in [4.69, 9.17) is 0 Å². The van der Waals surface area contributed by atoms with Crippen molar-refractivity contribution in [2.45, 2.75) is 27.3 Å². The number of rotatable bonds is 4. The summed E-state index contributed by atoms with van der Waals surface area (Å²) in [5, 5.41) is 7.07. The van der Waals surface area contributed by atoms with Crippen LogP contribution in [0.2, 0.25) is 0 Å². The van der Waals surface area contributed by atoms with Crippen molar-refractivity contribution in [2.24, 2.45) is 0 Å². The molecule has 0 fully saturated rings. The molecule has 122 valence electrons. The van der Waals surface area contributed by atoms with Crippen molar-refractivity contribution < 1.29 is 4.79 Å². The van der Waals surface area contributed by atoms with Gasteiger partial charge in [-0.15, -0.1) is 0 Å². The van der Waals surface area contributed by atoms with Gasteiger partial charge in [-0.2, -0.15) is 5.10 Å². The van der Waals surface area contributed by atoms with E-state index in [-0.39, 0.29) is 5.91 Å². The average molecular weight is 320 g/mol. The second-order valence-electron chi connectivity index (χ2n) is 5.95. The number of carbonyl (C=O) groups excluding carboxylic acids is 1. The fraction of sp³-hybridized carbons (Fsp3) is 0.211. The molecule has 0 bridgehead atoms. The second kappa shape index (κ2) is 6.66. The maximum absolute atomic E-state index is 12.4. The summed E-state index contributed by atoms with van der Waals surface area (Å²) in [6.45, 7) is 6.77. The van der Waals surface area contributed by atoms with Gasteiger partial charge in [0, 0.05) is 12.1 Å². The van der Waals surface area contributed by atoms with Gasteiger partial charge in [0.1, 0.15) is 12.7 Å². The Bertz CT molecular complexity index is 829. The molecule has 0 aliphatic rings. The lowest BCUT2D eigenvalue weighted by molar-refractivity contribution is 0.0951. The maximum Gasteiger partial charge on any atom is 0.251 e. The fourth-order valence-corrected chi connectivity index (χ4v) is 2.87. The topological polar surface area (TPSA) is 59.8 Å². The zero-order valence-electron chi connectivity index (χ0n) is 14.1. The summed E-state index contributed by atoms with van der Waals surface area (Å²) in [5.74, 6) is -0.0838. The normalized spacial score (nSPS) is 10.6. The Balaban J connectivity index is 1.69. The summed E-state index contributed by atoms with van der Waals surface area (Å²) in [7, 11) is 0. The number of nitrogens with one attached hydrogen (secondary N) is 1. The van der Waals surface area contributed by atoms with E-state index in [0.717, 1.165) is 5.69 Å². The predicted molar refractivity (Wildman–Crippen MR) is 93.2 cm³/mol. The Labute approximate surface area is 141 Å². The Hall–Kier alpha value is -2.95. The van der Waals surface area contributed by atoms with Gasteiger partial charge in [0.25, 0.3) is 5.91 Å². The first-order valence-electron chi connectivity index (χ1n) is 7.84. The van der Waals surface area contributed by atoms with Crippen molar-refractivity contribution in [3.8, 4) is 5.69 Å². The summed E-state index contributed by atoms with van der Waals surface area (Å²) in [4.78, 5) is 16.3. The second-order valence-corrected chi connectivity index (χ2v) is 5.95. The molecule has 1 amide bonds. The molecule has 0 spiro atoms. The number of benzene rings is 2. The van der Waals surface area contributed by atoms with Gasteiger partial charge in [-0.1, -0.05) is 17.7 Å². The average Bonchev–Trinajstić information content (AvgIpc) is 3.08. The van der Waals surface area contributed by atoms with Crippen LogP contribution in [-0.2, 0) is 6.54 Å². The molecule has 24 heavy (non-hydrogen) atoms. The van der Waals surface area contributed by atoms with E-state index in [0.29, 0.717) is 12.1 Å². The molecule has 5 nitrogen and oxygen atoms in total. The van der Waals surface area contributed by atoms with Crippen LogP contribution in [0, 0.1) is 20.8 Å². The van der Waals surface area contributed by atoms with Crippen molar-refractivity contribution >= 4 is 5.91 Å². The lowest BCUT2D eigenvalue weighted by Gasteiger charge is -2.12.